The highest BCUT2D eigenvalue weighted by Gasteiger charge is 2.09. The molecular weight excluding hydrogens is 240 g/mol. The lowest BCUT2D eigenvalue weighted by Crippen LogP contribution is -2.37. The van der Waals surface area contributed by atoms with Crippen molar-refractivity contribution in [2.75, 3.05) is 5.75 Å². The van der Waals surface area contributed by atoms with Crippen molar-refractivity contribution < 1.29 is 0 Å². The molecule has 0 aromatic heterocycles. The topological polar surface area (TPSA) is 38.0 Å². The zero-order valence-corrected chi connectivity index (χ0v) is 11.3. The lowest BCUT2D eigenvalue weighted by molar-refractivity contribution is 0.456. The van der Waals surface area contributed by atoms with Gasteiger partial charge in [0.15, 0.2) is 0 Å². The van der Waals surface area contributed by atoms with E-state index in [0.29, 0.717) is 12.0 Å². The van der Waals surface area contributed by atoms with Gasteiger partial charge in [0.1, 0.15) is 0 Å². The summed E-state index contributed by atoms with van der Waals surface area (Å²) in [5, 5.41) is 0.783. The highest BCUT2D eigenvalue weighted by molar-refractivity contribution is 7.99. The number of hydrogen-bond donors (Lipinski definition) is 2. The van der Waals surface area contributed by atoms with Gasteiger partial charge < -0.3 is 0 Å². The van der Waals surface area contributed by atoms with Crippen LogP contribution in [0.5, 0.6) is 0 Å². The van der Waals surface area contributed by atoms with Gasteiger partial charge in [-0.3, -0.25) is 11.3 Å². The zero-order valence-electron chi connectivity index (χ0n) is 9.74. The van der Waals surface area contributed by atoms with Crippen molar-refractivity contribution in [3.05, 3.63) is 29.3 Å². The molecule has 4 heteroatoms. The molecule has 0 aliphatic rings. The molecule has 1 aromatic rings. The summed E-state index contributed by atoms with van der Waals surface area (Å²) in [6, 6.07) is 8.26. The van der Waals surface area contributed by atoms with Crippen molar-refractivity contribution in [2.45, 2.75) is 31.2 Å². The van der Waals surface area contributed by atoms with Crippen LogP contribution in [0.1, 0.15) is 20.3 Å². The van der Waals surface area contributed by atoms with Gasteiger partial charge in [0, 0.05) is 21.7 Å². The van der Waals surface area contributed by atoms with E-state index in [1.54, 1.807) is 11.8 Å². The molecule has 0 bridgehead atoms. The second kappa shape index (κ2) is 7.17. The van der Waals surface area contributed by atoms with Gasteiger partial charge in [-0.25, -0.2) is 0 Å². The Balaban J connectivity index is 2.43. The number of halogens is 1. The summed E-state index contributed by atoms with van der Waals surface area (Å²) >= 11 is 7.71. The molecule has 0 fully saturated rings. The first-order chi connectivity index (χ1) is 7.61. The van der Waals surface area contributed by atoms with Crippen LogP contribution >= 0.6 is 23.4 Å². The van der Waals surface area contributed by atoms with Gasteiger partial charge in [0.25, 0.3) is 0 Å². The first-order valence-corrected chi connectivity index (χ1v) is 6.82. The van der Waals surface area contributed by atoms with Crippen LogP contribution in [0.3, 0.4) is 0 Å². The fourth-order valence-electron chi connectivity index (χ4n) is 1.51. The van der Waals surface area contributed by atoms with E-state index in [2.05, 4.69) is 25.3 Å². The monoisotopic (exact) mass is 258 g/mol. The van der Waals surface area contributed by atoms with Crippen LogP contribution in [0.15, 0.2) is 29.2 Å². The molecule has 0 radical (unpaired) electrons. The summed E-state index contributed by atoms with van der Waals surface area (Å²) in [6.45, 7) is 4.41. The Labute approximate surface area is 107 Å². The average molecular weight is 259 g/mol. The molecular formula is C12H19ClN2S. The maximum Gasteiger partial charge on any atom is 0.0417 e. The Morgan fingerprint density at radius 1 is 1.44 bits per heavy atom. The zero-order chi connectivity index (χ0) is 12.0. The second-order valence-electron chi connectivity index (χ2n) is 4.26. The number of nitrogens with two attached hydrogens (primary N) is 1. The van der Waals surface area contributed by atoms with Crippen molar-refractivity contribution in [2.24, 2.45) is 11.8 Å². The second-order valence-corrected chi connectivity index (χ2v) is 5.79. The third kappa shape index (κ3) is 5.21. The normalized spacial score (nSPS) is 13.1. The summed E-state index contributed by atoms with van der Waals surface area (Å²) < 4.78 is 0. The van der Waals surface area contributed by atoms with Gasteiger partial charge in [-0.15, -0.1) is 11.8 Å². The summed E-state index contributed by atoms with van der Waals surface area (Å²) in [5.41, 5.74) is 2.86. The van der Waals surface area contributed by atoms with Gasteiger partial charge in [0.05, 0.1) is 0 Å². The minimum atomic E-state index is 0.351. The molecule has 1 unspecified atom stereocenters. The molecule has 0 saturated heterocycles. The SMILES string of the molecule is CC(C)CC(CSc1cccc(Cl)c1)NN. The number of nitrogens with one attached hydrogen (secondary N) is 1. The predicted molar refractivity (Wildman–Crippen MR) is 72.7 cm³/mol. The highest BCUT2D eigenvalue weighted by atomic mass is 35.5. The maximum atomic E-state index is 5.92. The Bertz CT molecular complexity index is 318. The van der Waals surface area contributed by atoms with Crippen molar-refractivity contribution >= 4 is 23.4 Å². The van der Waals surface area contributed by atoms with E-state index in [9.17, 15) is 0 Å². The van der Waals surface area contributed by atoms with Gasteiger partial charge in [0.2, 0.25) is 0 Å². The molecule has 3 N–H and O–H groups in total. The minimum Gasteiger partial charge on any atom is -0.271 e. The van der Waals surface area contributed by atoms with Gasteiger partial charge >= 0.3 is 0 Å². The van der Waals surface area contributed by atoms with Crippen LogP contribution in [-0.4, -0.2) is 11.8 Å². The first-order valence-electron chi connectivity index (χ1n) is 5.46. The van der Waals surface area contributed by atoms with E-state index in [0.717, 1.165) is 17.2 Å². The Kier molecular flexibility index (Phi) is 6.21. The number of hydrazine groups is 1. The van der Waals surface area contributed by atoms with E-state index < -0.39 is 0 Å². The number of rotatable bonds is 6. The van der Waals surface area contributed by atoms with Crippen molar-refractivity contribution in [3.63, 3.8) is 0 Å². The van der Waals surface area contributed by atoms with Crippen LogP contribution in [-0.2, 0) is 0 Å². The fourth-order valence-corrected chi connectivity index (χ4v) is 2.77. The number of thioether (sulfide) groups is 1. The maximum absolute atomic E-state index is 5.92. The molecule has 1 atom stereocenters. The van der Waals surface area contributed by atoms with Crippen LogP contribution < -0.4 is 11.3 Å². The molecule has 0 amide bonds. The summed E-state index contributed by atoms with van der Waals surface area (Å²) in [4.78, 5) is 1.19. The van der Waals surface area contributed by atoms with Crippen LogP contribution in [0.4, 0.5) is 0 Å². The summed E-state index contributed by atoms with van der Waals surface area (Å²) in [7, 11) is 0. The van der Waals surface area contributed by atoms with Crippen LogP contribution in [0.2, 0.25) is 5.02 Å². The molecule has 0 aliphatic carbocycles. The Morgan fingerprint density at radius 2 is 2.19 bits per heavy atom. The third-order valence-corrected chi connectivity index (χ3v) is 3.63. The van der Waals surface area contributed by atoms with E-state index in [-0.39, 0.29) is 0 Å². The van der Waals surface area contributed by atoms with Gasteiger partial charge in [-0.2, -0.15) is 0 Å². The highest BCUT2D eigenvalue weighted by Crippen LogP contribution is 2.23. The number of benzene rings is 1. The van der Waals surface area contributed by atoms with E-state index in [1.807, 2.05) is 18.2 Å². The first kappa shape index (κ1) is 13.8. The average Bonchev–Trinajstić information content (AvgIpc) is 2.24. The standard InChI is InChI=1S/C12H19ClN2S/c1-9(2)6-11(15-14)8-16-12-5-3-4-10(13)7-12/h3-5,7,9,11,15H,6,8,14H2,1-2H3. The molecule has 0 aliphatic heterocycles. The van der Waals surface area contributed by atoms with Gasteiger partial charge in [-0.1, -0.05) is 31.5 Å². The molecule has 1 rings (SSSR count). The quantitative estimate of drug-likeness (QED) is 0.467. The summed E-state index contributed by atoms with van der Waals surface area (Å²) in [6.07, 6.45) is 1.09. The molecule has 0 saturated carbocycles. The molecule has 0 spiro atoms. The lowest BCUT2D eigenvalue weighted by Gasteiger charge is -2.17. The summed E-state index contributed by atoms with van der Waals surface area (Å²) in [5.74, 6) is 7.15. The number of hydrogen-bond acceptors (Lipinski definition) is 3. The Hall–Kier alpha value is -0.220. The van der Waals surface area contributed by atoms with Crippen molar-refractivity contribution in [1.29, 1.82) is 0 Å². The molecule has 90 valence electrons. The smallest absolute Gasteiger partial charge is 0.0417 e. The fraction of sp³-hybridized carbons (Fsp3) is 0.500. The van der Waals surface area contributed by atoms with Gasteiger partial charge in [-0.05, 0) is 30.5 Å². The Morgan fingerprint density at radius 3 is 2.75 bits per heavy atom. The van der Waals surface area contributed by atoms with E-state index in [1.165, 1.54) is 4.90 Å². The van der Waals surface area contributed by atoms with Crippen molar-refractivity contribution in [3.8, 4) is 0 Å². The van der Waals surface area contributed by atoms with Crippen molar-refractivity contribution in [1.82, 2.24) is 5.43 Å². The van der Waals surface area contributed by atoms with Crippen LogP contribution in [0, 0.1) is 5.92 Å². The molecule has 2 nitrogen and oxygen atoms in total. The van der Waals surface area contributed by atoms with Crippen LogP contribution in [0.25, 0.3) is 0 Å². The largest absolute Gasteiger partial charge is 0.271 e. The minimum absolute atomic E-state index is 0.351. The molecule has 16 heavy (non-hydrogen) atoms. The van der Waals surface area contributed by atoms with E-state index in [4.69, 9.17) is 17.4 Å². The molecule has 0 heterocycles. The lowest BCUT2D eigenvalue weighted by atomic mass is 10.1. The predicted octanol–water partition coefficient (Wildman–Crippen LogP) is 3.31. The molecule has 1 aromatic carbocycles. The third-order valence-electron chi connectivity index (χ3n) is 2.24. The van der Waals surface area contributed by atoms with E-state index >= 15 is 0 Å².